The largest absolute Gasteiger partial charge is 0.378 e. The van der Waals surface area contributed by atoms with Gasteiger partial charge >= 0.3 is 0 Å². The van der Waals surface area contributed by atoms with Gasteiger partial charge in [0.2, 0.25) is 0 Å². The molecule has 2 heteroatoms. The number of nitrogens with two attached hydrogens (primary N) is 1. The second-order valence-electron chi connectivity index (χ2n) is 6.09. The lowest BCUT2D eigenvalue weighted by molar-refractivity contribution is 0.0814. The normalized spacial score (nSPS) is 27.5. The molecule has 0 saturated carbocycles. The second-order valence-corrected chi connectivity index (χ2v) is 6.09. The Morgan fingerprint density at radius 3 is 3.00 bits per heavy atom. The van der Waals surface area contributed by atoms with Crippen molar-refractivity contribution in [3.8, 4) is 0 Å². The van der Waals surface area contributed by atoms with E-state index in [-0.39, 0.29) is 6.04 Å². The lowest BCUT2D eigenvalue weighted by Crippen LogP contribution is -2.36. The summed E-state index contributed by atoms with van der Waals surface area (Å²) >= 11 is 0. The molecule has 3 rings (SSSR count). The fourth-order valence-corrected chi connectivity index (χ4v) is 3.75. The van der Waals surface area contributed by atoms with Crippen LogP contribution in [0.25, 0.3) is 0 Å². The third-order valence-electron chi connectivity index (χ3n) is 4.85. The van der Waals surface area contributed by atoms with Gasteiger partial charge in [-0.25, -0.2) is 0 Å². The predicted molar refractivity (Wildman–Crippen MR) is 78.3 cm³/mol. The maximum absolute atomic E-state index is 6.44. The Morgan fingerprint density at radius 2 is 2.16 bits per heavy atom. The Kier molecular flexibility index (Phi) is 3.90. The molecule has 1 aromatic carbocycles. The van der Waals surface area contributed by atoms with Crippen molar-refractivity contribution in [3.63, 3.8) is 0 Å². The molecule has 0 amide bonds. The van der Waals surface area contributed by atoms with Crippen LogP contribution in [0.15, 0.2) is 18.2 Å². The molecular weight excluding hydrogens is 234 g/mol. The Bertz CT molecular complexity index is 443. The van der Waals surface area contributed by atoms with Gasteiger partial charge in [-0.3, -0.25) is 0 Å². The fourth-order valence-electron chi connectivity index (χ4n) is 3.75. The van der Waals surface area contributed by atoms with Gasteiger partial charge in [-0.05, 0) is 55.2 Å². The number of benzene rings is 1. The van der Waals surface area contributed by atoms with Crippen LogP contribution in [0.2, 0.25) is 0 Å². The van der Waals surface area contributed by atoms with Crippen LogP contribution in [-0.2, 0) is 24.0 Å². The van der Waals surface area contributed by atoms with Crippen LogP contribution in [0.1, 0.15) is 42.9 Å². The van der Waals surface area contributed by atoms with Gasteiger partial charge in [0, 0.05) is 18.6 Å². The van der Waals surface area contributed by atoms with E-state index in [1.165, 1.54) is 24.8 Å². The highest BCUT2D eigenvalue weighted by Crippen LogP contribution is 2.28. The van der Waals surface area contributed by atoms with E-state index in [0.29, 0.717) is 12.0 Å². The first-order valence-corrected chi connectivity index (χ1v) is 7.75. The van der Waals surface area contributed by atoms with Gasteiger partial charge in [0.25, 0.3) is 0 Å². The lowest BCUT2D eigenvalue weighted by Gasteiger charge is -2.24. The van der Waals surface area contributed by atoms with Crippen molar-refractivity contribution >= 4 is 0 Å². The monoisotopic (exact) mass is 259 g/mol. The van der Waals surface area contributed by atoms with Gasteiger partial charge in [0.05, 0.1) is 6.10 Å². The minimum atomic E-state index is 0.243. The number of aryl methyl sites for hydroxylation is 2. The number of ether oxygens (including phenoxy) is 1. The Labute approximate surface area is 116 Å². The molecule has 0 radical (unpaired) electrons. The van der Waals surface area contributed by atoms with Crippen molar-refractivity contribution in [3.05, 3.63) is 34.9 Å². The van der Waals surface area contributed by atoms with Crippen LogP contribution in [0.4, 0.5) is 0 Å². The van der Waals surface area contributed by atoms with Crippen molar-refractivity contribution in [2.75, 3.05) is 6.61 Å². The maximum Gasteiger partial charge on any atom is 0.0616 e. The molecule has 1 aromatic rings. The summed E-state index contributed by atoms with van der Waals surface area (Å²) in [7, 11) is 0. The number of fused-ring (bicyclic) bond motifs is 1. The van der Waals surface area contributed by atoms with E-state index >= 15 is 0 Å². The fraction of sp³-hybridized carbons (Fsp3) is 0.647. The minimum absolute atomic E-state index is 0.243. The number of hydrogen-bond acceptors (Lipinski definition) is 2. The molecule has 2 nitrogen and oxygen atoms in total. The summed E-state index contributed by atoms with van der Waals surface area (Å²) < 4.78 is 5.77. The zero-order chi connectivity index (χ0) is 13.2. The molecular formula is C17H25NO. The van der Waals surface area contributed by atoms with Crippen molar-refractivity contribution < 1.29 is 4.74 Å². The van der Waals surface area contributed by atoms with Crippen molar-refractivity contribution in [2.45, 2.75) is 57.6 Å². The molecule has 0 bridgehead atoms. The SMILES string of the molecule is CCC1OCCC1C(N)Cc1ccc2c(c1)CCC2. The first kappa shape index (κ1) is 13.1. The van der Waals surface area contributed by atoms with Gasteiger partial charge < -0.3 is 10.5 Å². The minimum Gasteiger partial charge on any atom is -0.378 e. The molecule has 3 unspecified atom stereocenters. The average molecular weight is 259 g/mol. The van der Waals surface area contributed by atoms with Gasteiger partial charge in [0.1, 0.15) is 0 Å². The van der Waals surface area contributed by atoms with E-state index in [2.05, 4.69) is 25.1 Å². The average Bonchev–Trinajstić information content (AvgIpc) is 3.06. The summed E-state index contributed by atoms with van der Waals surface area (Å²) in [5, 5.41) is 0. The number of hydrogen-bond donors (Lipinski definition) is 1. The summed E-state index contributed by atoms with van der Waals surface area (Å²) in [4.78, 5) is 0. The molecule has 1 aliphatic carbocycles. The first-order valence-electron chi connectivity index (χ1n) is 7.75. The van der Waals surface area contributed by atoms with Crippen LogP contribution in [0, 0.1) is 5.92 Å². The standard InChI is InChI=1S/C17H25NO/c1-2-17-15(8-9-19-17)16(18)11-12-6-7-13-4-3-5-14(13)10-12/h6-7,10,15-17H,2-5,8-9,11,18H2,1H3. The Balaban J connectivity index is 1.67. The van der Waals surface area contributed by atoms with Gasteiger partial charge in [-0.1, -0.05) is 25.1 Å². The van der Waals surface area contributed by atoms with Gasteiger partial charge in [-0.2, -0.15) is 0 Å². The highest BCUT2D eigenvalue weighted by Gasteiger charge is 2.31. The highest BCUT2D eigenvalue weighted by atomic mass is 16.5. The summed E-state index contributed by atoms with van der Waals surface area (Å²) in [6.07, 6.45) is 7.42. The van der Waals surface area contributed by atoms with Crippen molar-refractivity contribution in [2.24, 2.45) is 11.7 Å². The molecule has 0 spiro atoms. The Hall–Kier alpha value is -0.860. The van der Waals surface area contributed by atoms with Crippen LogP contribution in [0.3, 0.4) is 0 Å². The zero-order valence-electron chi connectivity index (χ0n) is 11.9. The summed E-state index contributed by atoms with van der Waals surface area (Å²) in [6, 6.07) is 7.22. The third-order valence-corrected chi connectivity index (χ3v) is 4.85. The van der Waals surface area contributed by atoms with E-state index in [0.717, 1.165) is 25.9 Å². The van der Waals surface area contributed by atoms with E-state index < -0.39 is 0 Å². The topological polar surface area (TPSA) is 35.2 Å². The van der Waals surface area contributed by atoms with Crippen molar-refractivity contribution in [1.29, 1.82) is 0 Å². The summed E-state index contributed by atoms with van der Waals surface area (Å²) in [5.74, 6) is 0.540. The first-order chi connectivity index (χ1) is 9.28. The zero-order valence-corrected chi connectivity index (χ0v) is 11.9. The van der Waals surface area contributed by atoms with E-state index in [4.69, 9.17) is 10.5 Å². The lowest BCUT2D eigenvalue weighted by atomic mass is 9.87. The molecule has 104 valence electrons. The Morgan fingerprint density at radius 1 is 1.32 bits per heavy atom. The van der Waals surface area contributed by atoms with Crippen LogP contribution >= 0.6 is 0 Å². The number of rotatable bonds is 4. The van der Waals surface area contributed by atoms with E-state index in [1.807, 2.05) is 0 Å². The van der Waals surface area contributed by atoms with Crippen LogP contribution < -0.4 is 5.73 Å². The third kappa shape index (κ3) is 2.70. The molecule has 1 heterocycles. The molecule has 2 N–H and O–H groups in total. The molecule has 1 aliphatic heterocycles. The van der Waals surface area contributed by atoms with E-state index in [1.54, 1.807) is 11.1 Å². The molecule has 0 aromatic heterocycles. The predicted octanol–water partition coefficient (Wildman–Crippen LogP) is 2.86. The molecule has 1 fully saturated rings. The molecule has 2 aliphatic rings. The second kappa shape index (κ2) is 5.64. The van der Waals surface area contributed by atoms with Gasteiger partial charge in [0.15, 0.2) is 0 Å². The van der Waals surface area contributed by atoms with E-state index in [9.17, 15) is 0 Å². The maximum atomic E-state index is 6.44. The quantitative estimate of drug-likeness (QED) is 0.902. The van der Waals surface area contributed by atoms with Crippen molar-refractivity contribution in [1.82, 2.24) is 0 Å². The molecule has 19 heavy (non-hydrogen) atoms. The van der Waals surface area contributed by atoms with Crippen LogP contribution in [0.5, 0.6) is 0 Å². The summed E-state index contributed by atoms with van der Waals surface area (Å²) in [6.45, 7) is 3.09. The van der Waals surface area contributed by atoms with Gasteiger partial charge in [-0.15, -0.1) is 0 Å². The molecule has 1 saturated heterocycles. The molecule has 3 atom stereocenters. The van der Waals surface area contributed by atoms with Crippen LogP contribution in [-0.4, -0.2) is 18.8 Å². The smallest absolute Gasteiger partial charge is 0.0616 e. The highest BCUT2D eigenvalue weighted by molar-refractivity contribution is 5.35. The summed E-state index contributed by atoms with van der Waals surface area (Å²) in [5.41, 5.74) is 11.0.